The molecular formula is C18H25N5OS. The normalized spacial score (nSPS) is 20.4. The number of hydrogen-bond acceptors (Lipinski definition) is 5. The van der Waals surface area contributed by atoms with Crippen LogP contribution in [0, 0.1) is 5.92 Å². The summed E-state index contributed by atoms with van der Waals surface area (Å²) in [6, 6.07) is 4.30. The summed E-state index contributed by atoms with van der Waals surface area (Å²) < 4.78 is 2.24. The first kappa shape index (κ1) is 17.9. The zero-order valence-corrected chi connectivity index (χ0v) is 15.6. The van der Waals surface area contributed by atoms with E-state index in [9.17, 15) is 4.79 Å². The van der Waals surface area contributed by atoms with Gasteiger partial charge in [-0.25, -0.2) is 0 Å². The second-order valence-corrected chi connectivity index (χ2v) is 7.43. The van der Waals surface area contributed by atoms with Crippen molar-refractivity contribution in [2.24, 2.45) is 5.92 Å². The highest BCUT2D eigenvalue weighted by atomic mass is 32.2. The molecule has 0 spiro atoms. The van der Waals surface area contributed by atoms with Crippen molar-refractivity contribution in [1.29, 1.82) is 0 Å². The first-order valence-corrected chi connectivity index (χ1v) is 9.94. The van der Waals surface area contributed by atoms with Crippen molar-refractivity contribution in [1.82, 2.24) is 25.1 Å². The predicted molar refractivity (Wildman–Crippen MR) is 99.3 cm³/mol. The van der Waals surface area contributed by atoms with Gasteiger partial charge >= 0.3 is 0 Å². The van der Waals surface area contributed by atoms with Gasteiger partial charge in [-0.1, -0.05) is 31.5 Å². The average Bonchev–Trinajstić information content (AvgIpc) is 3.05. The minimum Gasteiger partial charge on any atom is -0.356 e. The van der Waals surface area contributed by atoms with Gasteiger partial charge in [-0.15, -0.1) is 10.2 Å². The van der Waals surface area contributed by atoms with Crippen molar-refractivity contribution in [3.8, 4) is 11.4 Å². The zero-order valence-electron chi connectivity index (χ0n) is 14.8. The lowest BCUT2D eigenvalue weighted by molar-refractivity contribution is -0.118. The van der Waals surface area contributed by atoms with E-state index >= 15 is 0 Å². The van der Waals surface area contributed by atoms with Gasteiger partial charge in [0.25, 0.3) is 0 Å². The van der Waals surface area contributed by atoms with Crippen molar-refractivity contribution in [2.75, 3.05) is 12.3 Å². The van der Waals surface area contributed by atoms with E-state index in [0.717, 1.165) is 23.0 Å². The maximum Gasteiger partial charge on any atom is 0.230 e. The molecule has 134 valence electrons. The summed E-state index contributed by atoms with van der Waals surface area (Å²) in [4.78, 5) is 16.1. The SMILES string of the molecule is CCNC(=O)CSc1nnc(-c2cccnc2)n1[C@H]1CCCC[C@@H]1C. The number of rotatable bonds is 6. The molecule has 2 atom stereocenters. The summed E-state index contributed by atoms with van der Waals surface area (Å²) in [6.45, 7) is 4.87. The van der Waals surface area contributed by atoms with Gasteiger partial charge < -0.3 is 5.32 Å². The number of thioether (sulfide) groups is 1. The fourth-order valence-corrected chi connectivity index (χ4v) is 4.25. The Morgan fingerprint density at radius 1 is 1.36 bits per heavy atom. The van der Waals surface area contributed by atoms with Gasteiger partial charge in [0, 0.05) is 30.5 Å². The highest BCUT2D eigenvalue weighted by Gasteiger charge is 2.28. The van der Waals surface area contributed by atoms with Crippen molar-refractivity contribution < 1.29 is 4.79 Å². The van der Waals surface area contributed by atoms with E-state index < -0.39 is 0 Å². The highest BCUT2D eigenvalue weighted by molar-refractivity contribution is 7.99. The topological polar surface area (TPSA) is 72.7 Å². The Morgan fingerprint density at radius 3 is 2.92 bits per heavy atom. The maximum atomic E-state index is 11.8. The Labute approximate surface area is 152 Å². The van der Waals surface area contributed by atoms with Crippen LogP contribution in [0.3, 0.4) is 0 Å². The molecular weight excluding hydrogens is 334 g/mol. The van der Waals surface area contributed by atoms with Gasteiger partial charge in [0.05, 0.1) is 5.75 Å². The Bertz CT molecular complexity index is 703. The number of carbonyl (C=O) groups is 1. The Kier molecular flexibility index (Phi) is 6.07. The Morgan fingerprint density at radius 2 is 2.20 bits per heavy atom. The lowest BCUT2D eigenvalue weighted by atomic mass is 9.85. The molecule has 7 heteroatoms. The fourth-order valence-electron chi connectivity index (χ4n) is 3.42. The molecule has 0 unspecified atom stereocenters. The first-order valence-electron chi connectivity index (χ1n) is 8.95. The van der Waals surface area contributed by atoms with Gasteiger partial charge in [0.2, 0.25) is 5.91 Å². The second-order valence-electron chi connectivity index (χ2n) is 6.49. The summed E-state index contributed by atoms with van der Waals surface area (Å²) in [5.74, 6) is 1.82. The third kappa shape index (κ3) is 4.21. The van der Waals surface area contributed by atoms with Crippen LogP contribution < -0.4 is 5.32 Å². The molecule has 25 heavy (non-hydrogen) atoms. The van der Waals surface area contributed by atoms with Crippen LogP contribution in [0.1, 0.15) is 45.6 Å². The summed E-state index contributed by atoms with van der Waals surface area (Å²) in [6.07, 6.45) is 8.44. The lowest BCUT2D eigenvalue weighted by Crippen LogP contribution is -2.25. The third-order valence-electron chi connectivity index (χ3n) is 4.69. The molecule has 6 nitrogen and oxygen atoms in total. The van der Waals surface area contributed by atoms with Crippen LogP contribution in [-0.4, -0.2) is 38.0 Å². The van der Waals surface area contributed by atoms with Gasteiger partial charge in [0.1, 0.15) is 0 Å². The molecule has 2 heterocycles. The van der Waals surface area contributed by atoms with Crippen LogP contribution in [0.2, 0.25) is 0 Å². The average molecular weight is 359 g/mol. The van der Waals surface area contributed by atoms with E-state index in [4.69, 9.17) is 0 Å². The Balaban J connectivity index is 1.92. The minimum atomic E-state index is 0.0293. The van der Waals surface area contributed by atoms with Crippen LogP contribution in [0.15, 0.2) is 29.7 Å². The molecule has 1 aliphatic rings. The molecule has 1 saturated carbocycles. The summed E-state index contributed by atoms with van der Waals surface area (Å²) in [7, 11) is 0. The van der Waals surface area contributed by atoms with E-state index in [-0.39, 0.29) is 5.91 Å². The van der Waals surface area contributed by atoms with E-state index in [1.807, 2.05) is 25.3 Å². The molecule has 1 fully saturated rings. The number of aromatic nitrogens is 4. The van der Waals surface area contributed by atoms with Crippen LogP contribution >= 0.6 is 11.8 Å². The van der Waals surface area contributed by atoms with E-state index in [1.165, 1.54) is 31.0 Å². The van der Waals surface area contributed by atoms with Crippen molar-refractivity contribution >= 4 is 17.7 Å². The number of pyridine rings is 1. The monoisotopic (exact) mass is 359 g/mol. The largest absolute Gasteiger partial charge is 0.356 e. The smallest absolute Gasteiger partial charge is 0.230 e. The predicted octanol–water partition coefficient (Wildman–Crippen LogP) is 3.32. The van der Waals surface area contributed by atoms with E-state index in [0.29, 0.717) is 24.3 Å². The molecule has 0 radical (unpaired) electrons. The van der Waals surface area contributed by atoms with Crippen LogP contribution in [0.25, 0.3) is 11.4 Å². The number of hydrogen-bond donors (Lipinski definition) is 1. The maximum absolute atomic E-state index is 11.8. The van der Waals surface area contributed by atoms with Crippen molar-refractivity contribution in [3.63, 3.8) is 0 Å². The van der Waals surface area contributed by atoms with Gasteiger partial charge in [-0.2, -0.15) is 0 Å². The van der Waals surface area contributed by atoms with Gasteiger partial charge in [-0.3, -0.25) is 14.3 Å². The molecule has 0 saturated heterocycles. The highest BCUT2D eigenvalue weighted by Crippen LogP contribution is 2.38. The molecule has 2 aromatic rings. The summed E-state index contributed by atoms with van der Waals surface area (Å²) in [5.41, 5.74) is 0.970. The molecule has 0 aliphatic heterocycles. The molecule has 3 rings (SSSR count). The summed E-state index contributed by atoms with van der Waals surface area (Å²) in [5, 5.41) is 12.5. The quantitative estimate of drug-likeness (QED) is 0.801. The molecule has 2 aromatic heterocycles. The lowest BCUT2D eigenvalue weighted by Gasteiger charge is -2.31. The molecule has 1 aliphatic carbocycles. The summed E-state index contributed by atoms with van der Waals surface area (Å²) >= 11 is 1.46. The molecule has 0 aromatic carbocycles. The van der Waals surface area contributed by atoms with Gasteiger partial charge in [0.15, 0.2) is 11.0 Å². The van der Waals surface area contributed by atoms with Crippen molar-refractivity contribution in [3.05, 3.63) is 24.5 Å². The number of nitrogens with one attached hydrogen (secondary N) is 1. The van der Waals surface area contributed by atoms with Crippen LogP contribution in [0.5, 0.6) is 0 Å². The number of carbonyl (C=O) groups excluding carboxylic acids is 1. The standard InChI is InChI=1S/C18H25N5OS/c1-3-20-16(24)12-25-18-22-21-17(14-8-6-10-19-11-14)23(18)15-9-5-4-7-13(15)2/h6,8,10-11,13,15H,3-5,7,9,12H2,1-2H3,(H,20,24)/t13-,15-/m0/s1. The fraction of sp³-hybridized carbons (Fsp3) is 0.556. The van der Waals surface area contributed by atoms with Crippen LogP contribution in [-0.2, 0) is 4.79 Å². The van der Waals surface area contributed by atoms with Gasteiger partial charge in [-0.05, 0) is 37.8 Å². The minimum absolute atomic E-state index is 0.0293. The van der Waals surface area contributed by atoms with Crippen molar-refractivity contribution in [2.45, 2.75) is 50.7 Å². The third-order valence-corrected chi connectivity index (χ3v) is 5.63. The van der Waals surface area contributed by atoms with E-state index in [2.05, 4.69) is 32.0 Å². The van der Waals surface area contributed by atoms with E-state index in [1.54, 1.807) is 6.20 Å². The van der Waals surface area contributed by atoms with Crippen LogP contribution in [0.4, 0.5) is 0 Å². The zero-order chi connectivity index (χ0) is 17.6. The molecule has 0 bridgehead atoms. The molecule has 1 N–H and O–H groups in total. The first-order chi connectivity index (χ1) is 12.2. The molecule has 1 amide bonds. The Hall–Kier alpha value is -1.89. The number of amides is 1. The number of nitrogens with zero attached hydrogens (tertiary/aromatic N) is 4. The second kappa shape index (κ2) is 8.47.